The summed E-state index contributed by atoms with van der Waals surface area (Å²) in [6.45, 7) is 1.89. The van der Waals surface area contributed by atoms with Crippen LogP contribution >= 0.6 is 0 Å². The minimum absolute atomic E-state index is 0.113. The Bertz CT molecular complexity index is 341. The van der Waals surface area contributed by atoms with Crippen LogP contribution in [0.2, 0.25) is 0 Å². The zero-order valence-corrected chi connectivity index (χ0v) is 8.94. The van der Waals surface area contributed by atoms with Gasteiger partial charge in [-0.1, -0.05) is 6.42 Å². The van der Waals surface area contributed by atoms with Crippen molar-refractivity contribution in [3.05, 3.63) is 18.2 Å². The van der Waals surface area contributed by atoms with Gasteiger partial charge < -0.3 is 4.57 Å². The lowest BCUT2D eigenvalue weighted by Gasteiger charge is -2.26. The Hall–Kier alpha value is -1.36. The van der Waals surface area contributed by atoms with Gasteiger partial charge in [-0.2, -0.15) is 0 Å². The van der Waals surface area contributed by atoms with Crippen LogP contribution in [0.5, 0.6) is 0 Å². The van der Waals surface area contributed by atoms with E-state index < -0.39 is 0 Å². The van der Waals surface area contributed by atoms with Crippen LogP contribution in [0.15, 0.2) is 12.5 Å². The number of imidazole rings is 1. The molecule has 1 amide bonds. The Kier molecular flexibility index (Phi) is 3.01. The normalized spacial score (nSPS) is 17.7. The van der Waals surface area contributed by atoms with Crippen LogP contribution in [0, 0.1) is 0 Å². The molecule has 0 aromatic carbocycles. The molecule has 5 heteroatoms. The van der Waals surface area contributed by atoms with Crippen molar-refractivity contribution >= 4 is 5.91 Å². The molecule has 1 saturated heterocycles. The molecule has 1 N–H and O–H groups in total. The number of piperidine rings is 1. The number of hydrogen-bond acceptors (Lipinski definition) is 3. The van der Waals surface area contributed by atoms with Crippen LogP contribution in [0.25, 0.3) is 0 Å². The SMILES string of the molecule is Cn1cnc(C(=O)NN2CCCCC2)c1. The number of rotatable bonds is 2. The summed E-state index contributed by atoms with van der Waals surface area (Å²) in [6, 6.07) is 0. The maximum atomic E-state index is 11.7. The van der Waals surface area contributed by atoms with E-state index in [9.17, 15) is 4.79 Å². The maximum Gasteiger partial charge on any atom is 0.285 e. The second kappa shape index (κ2) is 4.44. The van der Waals surface area contributed by atoms with Crippen molar-refractivity contribution in [1.29, 1.82) is 0 Å². The van der Waals surface area contributed by atoms with Crippen molar-refractivity contribution in [2.45, 2.75) is 19.3 Å². The second-order valence-electron chi connectivity index (χ2n) is 3.91. The van der Waals surface area contributed by atoms with Crippen LogP contribution in [-0.4, -0.2) is 33.6 Å². The highest BCUT2D eigenvalue weighted by Crippen LogP contribution is 2.06. The third-order valence-corrected chi connectivity index (χ3v) is 2.55. The van der Waals surface area contributed by atoms with Crippen LogP contribution in [0.4, 0.5) is 0 Å². The summed E-state index contributed by atoms with van der Waals surface area (Å²) in [6.07, 6.45) is 6.92. The van der Waals surface area contributed by atoms with Gasteiger partial charge in [0.1, 0.15) is 5.69 Å². The van der Waals surface area contributed by atoms with E-state index in [0.29, 0.717) is 5.69 Å². The maximum absolute atomic E-state index is 11.7. The molecule has 5 nitrogen and oxygen atoms in total. The molecule has 2 heterocycles. The van der Waals surface area contributed by atoms with Crippen molar-refractivity contribution in [2.75, 3.05) is 13.1 Å². The van der Waals surface area contributed by atoms with Gasteiger partial charge in [-0.25, -0.2) is 9.99 Å². The van der Waals surface area contributed by atoms with E-state index in [1.807, 2.05) is 12.1 Å². The molecule has 1 aliphatic heterocycles. The van der Waals surface area contributed by atoms with Gasteiger partial charge >= 0.3 is 0 Å². The van der Waals surface area contributed by atoms with Crippen molar-refractivity contribution in [3.8, 4) is 0 Å². The molecule has 0 unspecified atom stereocenters. The smallest absolute Gasteiger partial charge is 0.285 e. The fourth-order valence-electron chi connectivity index (χ4n) is 1.74. The van der Waals surface area contributed by atoms with E-state index in [-0.39, 0.29) is 5.91 Å². The molecule has 1 aliphatic rings. The Morgan fingerprint density at radius 3 is 2.73 bits per heavy atom. The zero-order chi connectivity index (χ0) is 10.7. The van der Waals surface area contributed by atoms with Crippen LogP contribution in [0.1, 0.15) is 29.8 Å². The predicted molar refractivity (Wildman–Crippen MR) is 56.1 cm³/mol. The van der Waals surface area contributed by atoms with E-state index in [4.69, 9.17) is 0 Å². The second-order valence-corrected chi connectivity index (χ2v) is 3.91. The summed E-state index contributed by atoms with van der Waals surface area (Å²) in [7, 11) is 1.85. The summed E-state index contributed by atoms with van der Waals surface area (Å²) in [5, 5.41) is 1.97. The highest BCUT2D eigenvalue weighted by atomic mass is 16.2. The lowest BCUT2D eigenvalue weighted by Crippen LogP contribution is -2.45. The largest absolute Gasteiger partial charge is 0.340 e. The molecular weight excluding hydrogens is 192 g/mol. The van der Waals surface area contributed by atoms with E-state index >= 15 is 0 Å². The number of nitrogens with one attached hydrogen (secondary N) is 1. The lowest BCUT2D eigenvalue weighted by atomic mass is 10.2. The first-order valence-corrected chi connectivity index (χ1v) is 5.29. The molecule has 1 aromatic heterocycles. The van der Waals surface area contributed by atoms with Gasteiger partial charge in [-0.05, 0) is 12.8 Å². The number of amides is 1. The molecule has 1 fully saturated rings. The Labute approximate surface area is 89.1 Å². The van der Waals surface area contributed by atoms with Crippen molar-refractivity contribution in [1.82, 2.24) is 20.0 Å². The minimum Gasteiger partial charge on any atom is -0.340 e. The average Bonchev–Trinajstić information content (AvgIpc) is 2.66. The summed E-state index contributed by atoms with van der Waals surface area (Å²) < 4.78 is 1.77. The van der Waals surface area contributed by atoms with E-state index in [2.05, 4.69) is 10.4 Å². The van der Waals surface area contributed by atoms with Gasteiger partial charge in [0, 0.05) is 26.3 Å². The van der Waals surface area contributed by atoms with Crippen LogP contribution in [0.3, 0.4) is 0 Å². The first-order valence-electron chi connectivity index (χ1n) is 5.29. The number of carbonyl (C=O) groups is 1. The molecule has 0 spiro atoms. The molecule has 2 rings (SSSR count). The Morgan fingerprint density at radius 1 is 1.40 bits per heavy atom. The van der Waals surface area contributed by atoms with E-state index in [0.717, 1.165) is 25.9 Å². The molecule has 1 aromatic rings. The van der Waals surface area contributed by atoms with Gasteiger partial charge in [-0.3, -0.25) is 10.2 Å². The van der Waals surface area contributed by atoms with E-state index in [1.54, 1.807) is 17.1 Å². The third kappa shape index (κ3) is 2.56. The number of nitrogens with zero attached hydrogens (tertiary/aromatic N) is 3. The van der Waals surface area contributed by atoms with Crippen molar-refractivity contribution in [2.24, 2.45) is 7.05 Å². The molecule has 0 atom stereocenters. The van der Waals surface area contributed by atoms with Crippen LogP contribution in [-0.2, 0) is 7.05 Å². The van der Waals surface area contributed by atoms with Gasteiger partial charge in [-0.15, -0.1) is 0 Å². The monoisotopic (exact) mass is 208 g/mol. The highest BCUT2D eigenvalue weighted by Gasteiger charge is 2.15. The molecule has 0 bridgehead atoms. The Balaban J connectivity index is 1.91. The van der Waals surface area contributed by atoms with Gasteiger partial charge in [0.15, 0.2) is 0 Å². The number of aromatic nitrogens is 2. The molecule has 0 aliphatic carbocycles. The summed E-state index contributed by atoms with van der Waals surface area (Å²) in [5.41, 5.74) is 3.34. The highest BCUT2D eigenvalue weighted by molar-refractivity contribution is 5.91. The molecule has 0 radical (unpaired) electrons. The molecule has 15 heavy (non-hydrogen) atoms. The number of hydrazine groups is 1. The number of carbonyl (C=O) groups excluding carboxylic acids is 1. The van der Waals surface area contributed by atoms with Crippen molar-refractivity contribution in [3.63, 3.8) is 0 Å². The molecule has 82 valence electrons. The van der Waals surface area contributed by atoms with E-state index in [1.165, 1.54) is 6.42 Å². The third-order valence-electron chi connectivity index (χ3n) is 2.55. The number of hydrogen-bond donors (Lipinski definition) is 1. The number of aryl methyl sites for hydroxylation is 1. The molecule has 0 saturated carbocycles. The quantitative estimate of drug-likeness (QED) is 0.772. The molecular formula is C10H16N4O. The summed E-state index contributed by atoms with van der Waals surface area (Å²) in [4.78, 5) is 15.7. The average molecular weight is 208 g/mol. The first kappa shape index (κ1) is 10.2. The lowest BCUT2D eigenvalue weighted by molar-refractivity contribution is 0.0745. The zero-order valence-electron chi connectivity index (χ0n) is 8.94. The topological polar surface area (TPSA) is 50.2 Å². The van der Waals surface area contributed by atoms with Crippen LogP contribution < -0.4 is 5.43 Å². The first-order chi connectivity index (χ1) is 7.25. The van der Waals surface area contributed by atoms with Gasteiger partial charge in [0.25, 0.3) is 5.91 Å². The minimum atomic E-state index is -0.113. The standard InChI is InChI=1S/C10H16N4O/c1-13-7-9(11-8-13)10(15)12-14-5-3-2-4-6-14/h7-8H,2-6H2,1H3,(H,12,15). The Morgan fingerprint density at radius 2 is 2.13 bits per heavy atom. The van der Waals surface area contributed by atoms with Gasteiger partial charge in [0.2, 0.25) is 0 Å². The fourth-order valence-corrected chi connectivity index (χ4v) is 1.74. The predicted octanol–water partition coefficient (Wildman–Crippen LogP) is 0.551. The summed E-state index contributed by atoms with van der Waals surface area (Å²) >= 11 is 0. The summed E-state index contributed by atoms with van der Waals surface area (Å²) in [5.74, 6) is -0.113. The van der Waals surface area contributed by atoms with Crippen molar-refractivity contribution < 1.29 is 4.79 Å². The fraction of sp³-hybridized carbons (Fsp3) is 0.600. The van der Waals surface area contributed by atoms with Gasteiger partial charge in [0.05, 0.1) is 6.33 Å².